The van der Waals surface area contributed by atoms with Gasteiger partial charge in [-0.2, -0.15) is 5.26 Å². The van der Waals surface area contributed by atoms with E-state index in [2.05, 4.69) is 47.0 Å². The summed E-state index contributed by atoms with van der Waals surface area (Å²) in [5.41, 5.74) is 5.16. The maximum absolute atomic E-state index is 13.9. The highest BCUT2D eigenvalue weighted by Gasteiger charge is 2.33. The van der Waals surface area contributed by atoms with Crippen molar-refractivity contribution in [3.63, 3.8) is 0 Å². The second-order valence-corrected chi connectivity index (χ2v) is 9.75. The van der Waals surface area contributed by atoms with E-state index in [1.54, 1.807) is 6.07 Å². The number of pyridine rings is 1. The van der Waals surface area contributed by atoms with Crippen LogP contribution in [0.25, 0.3) is 0 Å². The Balaban J connectivity index is 1.66. The monoisotopic (exact) mass is 491 g/mol. The van der Waals surface area contributed by atoms with Crippen LogP contribution in [0.15, 0.2) is 24.4 Å². The number of carbonyl (C=O) groups excluding carboxylic acids is 1. The second-order valence-electron chi connectivity index (χ2n) is 9.75. The first kappa shape index (κ1) is 25.9. The summed E-state index contributed by atoms with van der Waals surface area (Å²) in [5, 5.41) is 19.5. The van der Waals surface area contributed by atoms with Crippen LogP contribution < -0.4 is 9.64 Å². The van der Waals surface area contributed by atoms with Crippen molar-refractivity contribution in [3.8, 4) is 11.8 Å². The molecule has 4 rings (SSSR count). The van der Waals surface area contributed by atoms with E-state index in [9.17, 15) is 15.2 Å². The predicted molar refractivity (Wildman–Crippen MR) is 139 cm³/mol. The highest BCUT2D eigenvalue weighted by atomic mass is 16.5. The van der Waals surface area contributed by atoms with Gasteiger partial charge >= 0.3 is 0 Å². The first-order valence-electron chi connectivity index (χ1n) is 13.0. The average Bonchev–Trinajstić information content (AvgIpc) is 3.33. The number of ether oxygens (including phenoxy) is 1. The SMILES string of the molecule is CCOc1cc([C@H](C)N2CCc3c(cc(CCN(C)CC)cc3N3CC[C@H](O)C3)C2=O)ncc1C#N. The number of hydrogen-bond acceptors (Lipinski definition) is 7. The van der Waals surface area contributed by atoms with Crippen molar-refractivity contribution in [2.45, 2.75) is 52.2 Å². The van der Waals surface area contributed by atoms with Gasteiger partial charge in [0.25, 0.3) is 5.91 Å². The van der Waals surface area contributed by atoms with E-state index in [0.29, 0.717) is 36.7 Å². The first-order chi connectivity index (χ1) is 17.4. The minimum Gasteiger partial charge on any atom is -0.492 e. The summed E-state index contributed by atoms with van der Waals surface area (Å²) in [4.78, 5) is 24.7. The third-order valence-electron chi connectivity index (χ3n) is 7.41. The number of β-amino-alcohol motifs (C(OH)–C–C–N with tert-alkyl or cyclic N) is 1. The summed E-state index contributed by atoms with van der Waals surface area (Å²) in [6, 6.07) is 7.93. The summed E-state index contributed by atoms with van der Waals surface area (Å²) >= 11 is 0. The third kappa shape index (κ3) is 5.32. The minimum atomic E-state index is -0.326. The number of anilines is 1. The number of nitriles is 1. The smallest absolute Gasteiger partial charge is 0.254 e. The fourth-order valence-corrected chi connectivity index (χ4v) is 5.09. The molecule has 3 heterocycles. The van der Waals surface area contributed by atoms with E-state index in [-0.39, 0.29) is 18.1 Å². The molecule has 2 atom stereocenters. The van der Waals surface area contributed by atoms with Crippen LogP contribution in [-0.2, 0) is 12.8 Å². The topological polar surface area (TPSA) is 92.9 Å². The minimum absolute atomic E-state index is 0.000406. The predicted octanol–water partition coefficient (Wildman–Crippen LogP) is 3.18. The third-order valence-corrected chi connectivity index (χ3v) is 7.41. The lowest BCUT2D eigenvalue weighted by Gasteiger charge is -2.36. The molecular formula is C28H37N5O3. The molecule has 1 amide bonds. The van der Waals surface area contributed by atoms with Crippen LogP contribution in [-0.4, -0.2) is 78.3 Å². The highest BCUT2D eigenvalue weighted by molar-refractivity contribution is 5.99. The summed E-state index contributed by atoms with van der Waals surface area (Å²) in [6.45, 7) is 10.3. The van der Waals surface area contributed by atoms with E-state index < -0.39 is 0 Å². The van der Waals surface area contributed by atoms with Crippen LogP contribution in [0.4, 0.5) is 5.69 Å². The maximum atomic E-state index is 13.9. The van der Waals surface area contributed by atoms with Gasteiger partial charge in [0.2, 0.25) is 0 Å². The molecule has 0 bridgehead atoms. The van der Waals surface area contributed by atoms with Gasteiger partial charge in [-0.1, -0.05) is 6.92 Å². The number of amides is 1. The van der Waals surface area contributed by atoms with Crippen LogP contribution in [0.5, 0.6) is 5.75 Å². The normalized spacial score (nSPS) is 18.4. The molecule has 0 unspecified atom stereocenters. The van der Waals surface area contributed by atoms with Crippen LogP contribution in [0.1, 0.15) is 66.0 Å². The molecule has 0 aliphatic carbocycles. The van der Waals surface area contributed by atoms with Gasteiger partial charge in [-0.05, 0) is 70.0 Å². The van der Waals surface area contributed by atoms with Gasteiger partial charge in [0, 0.05) is 49.7 Å². The van der Waals surface area contributed by atoms with Crippen molar-refractivity contribution in [2.75, 3.05) is 51.3 Å². The number of aliphatic hydroxyl groups excluding tert-OH is 1. The molecule has 1 aromatic heterocycles. The van der Waals surface area contributed by atoms with E-state index in [1.165, 1.54) is 6.20 Å². The first-order valence-corrected chi connectivity index (χ1v) is 13.0. The van der Waals surface area contributed by atoms with Crippen LogP contribution >= 0.6 is 0 Å². The van der Waals surface area contributed by atoms with Crippen molar-refractivity contribution in [3.05, 3.63) is 52.3 Å². The van der Waals surface area contributed by atoms with Gasteiger partial charge in [-0.25, -0.2) is 0 Å². The molecule has 0 saturated carbocycles. The molecule has 2 aliphatic heterocycles. The maximum Gasteiger partial charge on any atom is 0.254 e. The summed E-state index contributed by atoms with van der Waals surface area (Å²) < 4.78 is 5.65. The Morgan fingerprint density at radius 1 is 1.31 bits per heavy atom. The Bertz CT molecular complexity index is 1140. The molecular weight excluding hydrogens is 454 g/mol. The highest BCUT2D eigenvalue weighted by Crippen LogP contribution is 2.36. The van der Waals surface area contributed by atoms with Gasteiger partial charge in [0.15, 0.2) is 0 Å². The molecule has 2 aromatic rings. The Labute approximate surface area is 214 Å². The summed E-state index contributed by atoms with van der Waals surface area (Å²) in [6.07, 6.45) is 3.56. The molecule has 2 aliphatic rings. The van der Waals surface area contributed by atoms with E-state index >= 15 is 0 Å². The average molecular weight is 492 g/mol. The number of hydrogen-bond donors (Lipinski definition) is 1. The van der Waals surface area contributed by atoms with Gasteiger partial charge in [-0.3, -0.25) is 9.78 Å². The quantitative estimate of drug-likeness (QED) is 0.576. The zero-order valence-corrected chi connectivity index (χ0v) is 21.8. The molecule has 1 N–H and O–H groups in total. The van der Waals surface area contributed by atoms with Gasteiger partial charge < -0.3 is 24.5 Å². The number of rotatable bonds is 9. The molecule has 0 spiro atoms. The van der Waals surface area contributed by atoms with Crippen molar-refractivity contribution in [2.24, 2.45) is 0 Å². The lowest BCUT2D eigenvalue weighted by molar-refractivity contribution is 0.0669. The number of likely N-dealkylation sites (N-methyl/N-ethyl adjacent to an activating group) is 1. The number of aliphatic hydroxyl groups is 1. The van der Waals surface area contributed by atoms with E-state index in [1.807, 2.05) is 18.7 Å². The number of fused-ring (bicyclic) bond motifs is 1. The molecule has 192 valence electrons. The molecule has 36 heavy (non-hydrogen) atoms. The summed E-state index contributed by atoms with van der Waals surface area (Å²) in [7, 11) is 2.10. The fraction of sp³-hybridized carbons (Fsp3) is 0.536. The Kier molecular flexibility index (Phi) is 8.12. The molecule has 0 radical (unpaired) electrons. The standard InChI is InChI=1S/C28H37N5O3/c1-5-31(4)10-7-20-13-24-23(26(14-20)32-11-8-22(34)18-32)9-12-33(28(24)35)19(3)25-15-27(36-6-2)21(16-29)17-30-25/h13-15,17,19,22,34H,5-12,18H2,1-4H3/t19-,22-/m0/s1. The van der Waals surface area contributed by atoms with Crippen LogP contribution in [0.2, 0.25) is 0 Å². The lowest BCUT2D eigenvalue weighted by atomic mass is 9.92. The Hall–Kier alpha value is -3.15. The Morgan fingerprint density at radius 2 is 2.11 bits per heavy atom. The molecule has 1 aromatic carbocycles. The van der Waals surface area contributed by atoms with Crippen molar-refractivity contribution in [1.29, 1.82) is 5.26 Å². The zero-order valence-electron chi connectivity index (χ0n) is 21.8. The van der Waals surface area contributed by atoms with Crippen molar-refractivity contribution < 1.29 is 14.6 Å². The van der Waals surface area contributed by atoms with Gasteiger partial charge in [0.05, 0.1) is 24.4 Å². The molecule has 8 heteroatoms. The van der Waals surface area contributed by atoms with Gasteiger partial charge in [-0.15, -0.1) is 0 Å². The molecule has 1 saturated heterocycles. The molecule has 8 nitrogen and oxygen atoms in total. The van der Waals surface area contributed by atoms with E-state index in [0.717, 1.165) is 61.3 Å². The number of nitrogens with zero attached hydrogens (tertiary/aromatic N) is 5. The molecule has 1 fully saturated rings. The van der Waals surface area contributed by atoms with Crippen molar-refractivity contribution >= 4 is 11.6 Å². The van der Waals surface area contributed by atoms with Crippen LogP contribution in [0.3, 0.4) is 0 Å². The Morgan fingerprint density at radius 3 is 2.78 bits per heavy atom. The number of benzene rings is 1. The summed E-state index contributed by atoms with van der Waals surface area (Å²) in [5.74, 6) is 0.499. The number of carbonyl (C=O) groups is 1. The fourth-order valence-electron chi connectivity index (χ4n) is 5.09. The lowest BCUT2D eigenvalue weighted by Crippen LogP contribution is -2.40. The second kappa shape index (κ2) is 11.3. The van der Waals surface area contributed by atoms with Crippen LogP contribution in [0, 0.1) is 11.3 Å². The van der Waals surface area contributed by atoms with Gasteiger partial charge in [0.1, 0.15) is 17.4 Å². The van der Waals surface area contributed by atoms with Crippen molar-refractivity contribution in [1.82, 2.24) is 14.8 Å². The largest absolute Gasteiger partial charge is 0.492 e. The zero-order chi connectivity index (χ0) is 25.8. The van der Waals surface area contributed by atoms with E-state index in [4.69, 9.17) is 4.74 Å². The number of aromatic nitrogens is 1.